The number of carbonyl (C=O) groups is 1. The Labute approximate surface area is 152 Å². The number of para-hydroxylation sites is 2. The van der Waals surface area contributed by atoms with Crippen molar-refractivity contribution in [3.8, 4) is 0 Å². The standard InChI is InChI=1S/C21H23N3O2/c1-15-7-3-5-9-18(15)23-20(25)11-12-22-14-17-13-16-8-4-6-10-19(16)24(2)21(17)26/h3-10,13,22H,11-12,14H2,1-2H3,(H,23,25). The number of hydrogen-bond donors (Lipinski definition) is 2. The lowest BCUT2D eigenvalue weighted by atomic mass is 10.1. The number of hydrogen-bond acceptors (Lipinski definition) is 3. The minimum atomic E-state index is -0.0433. The van der Waals surface area contributed by atoms with Crippen molar-refractivity contribution in [2.24, 2.45) is 7.05 Å². The van der Waals surface area contributed by atoms with Gasteiger partial charge in [-0.15, -0.1) is 0 Å². The van der Waals surface area contributed by atoms with Gasteiger partial charge < -0.3 is 15.2 Å². The SMILES string of the molecule is Cc1ccccc1NC(=O)CCNCc1cc2ccccc2n(C)c1=O. The zero-order valence-corrected chi connectivity index (χ0v) is 15.1. The first-order chi connectivity index (χ1) is 12.6. The minimum absolute atomic E-state index is 0.0134. The highest BCUT2D eigenvalue weighted by atomic mass is 16.1. The van der Waals surface area contributed by atoms with Gasteiger partial charge in [-0.3, -0.25) is 9.59 Å². The molecule has 0 aliphatic rings. The first-order valence-corrected chi connectivity index (χ1v) is 8.70. The molecular formula is C21H23N3O2. The minimum Gasteiger partial charge on any atom is -0.326 e. The largest absolute Gasteiger partial charge is 0.326 e. The Kier molecular flexibility index (Phi) is 5.49. The molecule has 5 heteroatoms. The summed E-state index contributed by atoms with van der Waals surface area (Å²) < 4.78 is 1.66. The number of anilines is 1. The summed E-state index contributed by atoms with van der Waals surface area (Å²) >= 11 is 0. The molecule has 0 aliphatic carbocycles. The summed E-state index contributed by atoms with van der Waals surface area (Å²) in [6.45, 7) is 2.91. The van der Waals surface area contributed by atoms with Gasteiger partial charge in [0, 0.05) is 37.8 Å². The third kappa shape index (κ3) is 4.00. The van der Waals surface area contributed by atoms with Crippen molar-refractivity contribution in [1.82, 2.24) is 9.88 Å². The molecule has 0 radical (unpaired) electrons. The van der Waals surface area contributed by atoms with E-state index < -0.39 is 0 Å². The zero-order chi connectivity index (χ0) is 18.5. The number of nitrogens with one attached hydrogen (secondary N) is 2. The number of fused-ring (bicyclic) bond motifs is 1. The molecule has 1 heterocycles. The number of aryl methyl sites for hydroxylation is 2. The fraction of sp³-hybridized carbons (Fsp3) is 0.238. The van der Waals surface area contributed by atoms with E-state index >= 15 is 0 Å². The third-order valence-electron chi connectivity index (χ3n) is 4.47. The van der Waals surface area contributed by atoms with Gasteiger partial charge in [-0.2, -0.15) is 0 Å². The molecule has 1 aromatic heterocycles. The Morgan fingerprint density at radius 1 is 1.08 bits per heavy atom. The van der Waals surface area contributed by atoms with E-state index in [0.717, 1.165) is 22.2 Å². The Balaban J connectivity index is 1.56. The van der Waals surface area contributed by atoms with Crippen LogP contribution in [0.2, 0.25) is 0 Å². The molecule has 0 spiro atoms. The highest BCUT2D eigenvalue weighted by Crippen LogP contribution is 2.13. The molecule has 26 heavy (non-hydrogen) atoms. The lowest BCUT2D eigenvalue weighted by Crippen LogP contribution is -2.27. The lowest BCUT2D eigenvalue weighted by Gasteiger charge is -2.10. The number of nitrogens with zero attached hydrogens (tertiary/aromatic N) is 1. The fourth-order valence-electron chi connectivity index (χ4n) is 2.97. The van der Waals surface area contributed by atoms with Crippen LogP contribution in [0.5, 0.6) is 0 Å². The summed E-state index contributed by atoms with van der Waals surface area (Å²) in [7, 11) is 1.78. The van der Waals surface area contributed by atoms with Crippen LogP contribution < -0.4 is 16.2 Å². The lowest BCUT2D eigenvalue weighted by molar-refractivity contribution is -0.116. The molecule has 0 fully saturated rings. The van der Waals surface area contributed by atoms with E-state index in [-0.39, 0.29) is 11.5 Å². The summed E-state index contributed by atoms with van der Waals surface area (Å²) in [6.07, 6.45) is 0.349. The molecule has 0 atom stereocenters. The van der Waals surface area contributed by atoms with Crippen molar-refractivity contribution < 1.29 is 4.79 Å². The Bertz CT molecular complexity index is 992. The van der Waals surface area contributed by atoms with E-state index in [9.17, 15) is 9.59 Å². The van der Waals surface area contributed by atoms with E-state index in [1.54, 1.807) is 11.6 Å². The quantitative estimate of drug-likeness (QED) is 0.673. The second-order valence-electron chi connectivity index (χ2n) is 6.38. The van der Waals surface area contributed by atoms with Crippen molar-refractivity contribution in [2.75, 3.05) is 11.9 Å². The van der Waals surface area contributed by atoms with Gasteiger partial charge >= 0.3 is 0 Å². The van der Waals surface area contributed by atoms with Crippen LogP contribution in [0.3, 0.4) is 0 Å². The zero-order valence-electron chi connectivity index (χ0n) is 15.1. The van der Waals surface area contributed by atoms with Crippen LogP contribution in [0, 0.1) is 6.92 Å². The average Bonchev–Trinajstić information content (AvgIpc) is 2.64. The smallest absolute Gasteiger partial charge is 0.255 e. The van der Waals surface area contributed by atoms with Crippen LogP contribution in [-0.4, -0.2) is 17.0 Å². The van der Waals surface area contributed by atoms with E-state index in [0.29, 0.717) is 25.1 Å². The van der Waals surface area contributed by atoms with Gasteiger partial charge in [0.25, 0.3) is 5.56 Å². The van der Waals surface area contributed by atoms with Gasteiger partial charge in [0.15, 0.2) is 0 Å². The van der Waals surface area contributed by atoms with Crippen LogP contribution in [0.15, 0.2) is 59.4 Å². The Morgan fingerprint density at radius 3 is 2.62 bits per heavy atom. The van der Waals surface area contributed by atoms with Gasteiger partial charge in [0.05, 0.1) is 5.52 Å². The van der Waals surface area contributed by atoms with Gasteiger partial charge in [-0.05, 0) is 36.1 Å². The maximum Gasteiger partial charge on any atom is 0.255 e. The first-order valence-electron chi connectivity index (χ1n) is 8.70. The van der Waals surface area contributed by atoms with Gasteiger partial charge in [-0.25, -0.2) is 0 Å². The van der Waals surface area contributed by atoms with Crippen LogP contribution in [0.4, 0.5) is 5.69 Å². The number of pyridine rings is 1. The van der Waals surface area contributed by atoms with E-state index in [4.69, 9.17) is 0 Å². The highest BCUT2D eigenvalue weighted by Gasteiger charge is 2.07. The first kappa shape index (κ1) is 17.9. The van der Waals surface area contributed by atoms with E-state index in [1.165, 1.54) is 0 Å². The van der Waals surface area contributed by atoms with E-state index in [1.807, 2.05) is 61.5 Å². The number of rotatable bonds is 6. The molecule has 134 valence electrons. The molecule has 3 aromatic rings. The number of aromatic nitrogens is 1. The van der Waals surface area contributed by atoms with Crippen LogP contribution in [0.1, 0.15) is 17.5 Å². The predicted molar refractivity (Wildman–Crippen MR) is 105 cm³/mol. The predicted octanol–water partition coefficient (Wildman–Crippen LogP) is 2.97. The molecule has 0 bridgehead atoms. The molecule has 0 saturated heterocycles. The summed E-state index contributed by atoms with van der Waals surface area (Å²) in [5.74, 6) is -0.0433. The van der Waals surface area contributed by atoms with Crippen molar-refractivity contribution in [2.45, 2.75) is 19.9 Å². The van der Waals surface area contributed by atoms with Gasteiger partial charge in [-0.1, -0.05) is 36.4 Å². The van der Waals surface area contributed by atoms with Crippen molar-refractivity contribution in [3.63, 3.8) is 0 Å². The van der Waals surface area contributed by atoms with Crippen molar-refractivity contribution in [3.05, 3.63) is 76.1 Å². The molecule has 2 N–H and O–H groups in total. The maximum absolute atomic E-state index is 12.4. The number of benzene rings is 2. The van der Waals surface area contributed by atoms with Crippen molar-refractivity contribution in [1.29, 1.82) is 0 Å². The van der Waals surface area contributed by atoms with Crippen LogP contribution in [-0.2, 0) is 18.4 Å². The second-order valence-corrected chi connectivity index (χ2v) is 6.38. The molecule has 0 unspecified atom stereocenters. The molecular weight excluding hydrogens is 326 g/mol. The average molecular weight is 349 g/mol. The summed E-state index contributed by atoms with van der Waals surface area (Å²) in [6, 6.07) is 17.4. The highest BCUT2D eigenvalue weighted by molar-refractivity contribution is 5.91. The summed E-state index contributed by atoms with van der Waals surface area (Å²) in [5.41, 5.74) is 3.47. The number of amides is 1. The third-order valence-corrected chi connectivity index (χ3v) is 4.47. The van der Waals surface area contributed by atoms with Crippen LogP contribution >= 0.6 is 0 Å². The fourth-order valence-corrected chi connectivity index (χ4v) is 2.97. The Morgan fingerprint density at radius 2 is 1.81 bits per heavy atom. The summed E-state index contributed by atoms with van der Waals surface area (Å²) in [4.78, 5) is 24.5. The normalized spacial score (nSPS) is 10.8. The summed E-state index contributed by atoms with van der Waals surface area (Å²) in [5, 5.41) is 7.13. The molecule has 5 nitrogen and oxygen atoms in total. The maximum atomic E-state index is 12.4. The van der Waals surface area contributed by atoms with Gasteiger partial charge in [0.2, 0.25) is 5.91 Å². The second kappa shape index (κ2) is 7.97. The molecule has 0 saturated carbocycles. The molecule has 1 amide bonds. The topological polar surface area (TPSA) is 63.1 Å². The monoisotopic (exact) mass is 349 g/mol. The Hall–Kier alpha value is -2.92. The van der Waals surface area contributed by atoms with Gasteiger partial charge in [0.1, 0.15) is 0 Å². The number of carbonyl (C=O) groups excluding carboxylic acids is 1. The molecule has 2 aromatic carbocycles. The van der Waals surface area contributed by atoms with Crippen molar-refractivity contribution >= 4 is 22.5 Å². The van der Waals surface area contributed by atoms with E-state index in [2.05, 4.69) is 10.6 Å². The van der Waals surface area contributed by atoms with Crippen LogP contribution in [0.25, 0.3) is 10.9 Å². The molecule has 3 rings (SSSR count). The molecule has 0 aliphatic heterocycles.